The summed E-state index contributed by atoms with van der Waals surface area (Å²) in [6.45, 7) is 4.89. The van der Waals surface area contributed by atoms with Crippen LogP contribution in [0.5, 0.6) is 0 Å². The van der Waals surface area contributed by atoms with Crippen LogP contribution in [0.4, 0.5) is 5.69 Å². The molecule has 1 saturated heterocycles. The third-order valence-electron chi connectivity index (χ3n) is 3.61. The summed E-state index contributed by atoms with van der Waals surface area (Å²) in [5, 5.41) is 3.62. The van der Waals surface area contributed by atoms with Gasteiger partial charge in [0.15, 0.2) is 0 Å². The summed E-state index contributed by atoms with van der Waals surface area (Å²) >= 11 is 0. The molecule has 1 heterocycles. The SMILES string of the molecule is CN(C)c1ccc(CNC2(C)CCCOC2)cc1. The molecule has 3 nitrogen and oxygen atoms in total. The molecule has 1 atom stereocenters. The lowest BCUT2D eigenvalue weighted by Gasteiger charge is -2.34. The van der Waals surface area contributed by atoms with Gasteiger partial charge in [0.2, 0.25) is 0 Å². The maximum atomic E-state index is 5.55. The molecule has 1 unspecified atom stereocenters. The highest BCUT2D eigenvalue weighted by atomic mass is 16.5. The molecule has 3 heteroatoms. The van der Waals surface area contributed by atoms with Crippen LogP contribution in [-0.2, 0) is 11.3 Å². The van der Waals surface area contributed by atoms with Crippen LogP contribution in [0.25, 0.3) is 0 Å². The zero-order valence-corrected chi connectivity index (χ0v) is 11.7. The number of benzene rings is 1. The van der Waals surface area contributed by atoms with Gasteiger partial charge in [-0.2, -0.15) is 0 Å². The summed E-state index contributed by atoms with van der Waals surface area (Å²) < 4.78 is 5.55. The summed E-state index contributed by atoms with van der Waals surface area (Å²) in [6, 6.07) is 8.71. The van der Waals surface area contributed by atoms with Crippen molar-refractivity contribution in [2.45, 2.75) is 31.8 Å². The van der Waals surface area contributed by atoms with E-state index in [1.54, 1.807) is 0 Å². The molecule has 0 aromatic heterocycles. The van der Waals surface area contributed by atoms with E-state index in [1.807, 2.05) is 0 Å². The van der Waals surface area contributed by atoms with Crippen LogP contribution in [0.15, 0.2) is 24.3 Å². The minimum Gasteiger partial charge on any atom is -0.380 e. The van der Waals surface area contributed by atoms with E-state index in [0.29, 0.717) is 0 Å². The van der Waals surface area contributed by atoms with Crippen LogP contribution in [0, 0.1) is 0 Å². The van der Waals surface area contributed by atoms with Crippen molar-refractivity contribution in [2.75, 3.05) is 32.2 Å². The molecule has 0 bridgehead atoms. The Morgan fingerprint density at radius 3 is 2.56 bits per heavy atom. The number of hydrogen-bond donors (Lipinski definition) is 1. The zero-order chi connectivity index (χ0) is 13.0. The summed E-state index contributed by atoms with van der Waals surface area (Å²) in [4.78, 5) is 2.12. The second-order valence-corrected chi connectivity index (χ2v) is 5.63. The second kappa shape index (κ2) is 5.72. The number of nitrogens with one attached hydrogen (secondary N) is 1. The molecule has 2 rings (SSSR count). The highest BCUT2D eigenvalue weighted by Gasteiger charge is 2.26. The maximum Gasteiger partial charge on any atom is 0.0645 e. The standard InChI is InChI=1S/C15H24N2O/c1-15(9-4-10-18-12-15)16-11-13-5-7-14(8-6-13)17(2)3/h5-8,16H,4,9-12H2,1-3H3. The Morgan fingerprint density at radius 1 is 1.28 bits per heavy atom. The van der Waals surface area contributed by atoms with Crippen LogP contribution >= 0.6 is 0 Å². The first kappa shape index (κ1) is 13.4. The first-order chi connectivity index (χ1) is 8.59. The van der Waals surface area contributed by atoms with Crippen LogP contribution in [-0.4, -0.2) is 32.8 Å². The Balaban J connectivity index is 1.89. The Morgan fingerprint density at radius 2 is 2.00 bits per heavy atom. The number of rotatable bonds is 4. The van der Waals surface area contributed by atoms with Crippen molar-refractivity contribution in [1.29, 1.82) is 0 Å². The van der Waals surface area contributed by atoms with Gasteiger partial charge < -0.3 is 15.0 Å². The summed E-state index contributed by atoms with van der Waals surface area (Å²) in [5.41, 5.74) is 2.71. The van der Waals surface area contributed by atoms with Crippen LogP contribution < -0.4 is 10.2 Å². The number of ether oxygens (including phenoxy) is 1. The van der Waals surface area contributed by atoms with Crippen LogP contribution in [0.2, 0.25) is 0 Å². The molecule has 18 heavy (non-hydrogen) atoms. The van der Waals surface area contributed by atoms with Crippen molar-refractivity contribution in [2.24, 2.45) is 0 Å². The zero-order valence-electron chi connectivity index (χ0n) is 11.7. The third kappa shape index (κ3) is 3.47. The Kier molecular flexibility index (Phi) is 4.25. The average molecular weight is 248 g/mol. The molecule has 0 amide bonds. The van der Waals surface area contributed by atoms with Crippen LogP contribution in [0.3, 0.4) is 0 Å². The van der Waals surface area contributed by atoms with Gasteiger partial charge in [-0.05, 0) is 37.5 Å². The van der Waals surface area contributed by atoms with Crippen molar-refractivity contribution < 1.29 is 4.74 Å². The van der Waals surface area contributed by atoms with E-state index in [0.717, 1.165) is 26.2 Å². The lowest BCUT2D eigenvalue weighted by molar-refractivity contribution is 0.0278. The van der Waals surface area contributed by atoms with Gasteiger partial charge in [0, 0.05) is 38.5 Å². The number of hydrogen-bond acceptors (Lipinski definition) is 3. The molecule has 1 N–H and O–H groups in total. The lowest BCUT2D eigenvalue weighted by Crippen LogP contribution is -2.48. The van der Waals surface area contributed by atoms with Crippen LogP contribution in [0.1, 0.15) is 25.3 Å². The molecular formula is C15H24N2O. The monoisotopic (exact) mass is 248 g/mol. The molecule has 1 aliphatic heterocycles. The quantitative estimate of drug-likeness (QED) is 0.885. The topological polar surface area (TPSA) is 24.5 Å². The maximum absolute atomic E-state index is 5.55. The van der Waals surface area contributed by atoms with Gasteiger partial charge in [-0.25, -0.2) is 0 Å². The fourth-order valence-corrected chi connectivity index (χ4v) is 2.30. The predicted octanol–water partition coefficient (Wildman–Crippen LogP) is 2.41. The van der Waals surface area contributed by atoms with Crippen molar-refractivity contribution >= 4 is 5.69 Å². The van der Waals surface area contributed by atoms with E-state index in [4.69, 9.17) is 4.74 Å². The first-order valence-corrected chi connectivity index (χ1v) is 6.68. The van der Waals surface area contributed by atoms with Crippen molar-refractivity contribution in [1.82, 2.24) is 5.32 Å². The molecule has 100 valence electrons. The second-order valence-electron chi connectivity index (χ2n) is 5.63. The number of anilines is 1. The van der Waals surface area contributed by atoms with E-state index >= 15 is 0 Å². The molecule has 0 spiro atoms. The number of nitrogens with zero attached hydrogens (tertiary/aromatic N) is 1. The van der Waals surface area contributed by atoms with Gasteiger partial charge in [0.25, 0.3) is 0 Å². The normalized spacial score (nSPS) is 23.9. The summed E-state index contributed by atoms with van der Waals surface area (Å²) in [6.07, 6.45) is 2.35. The molecule has 1 aliphatic rings. The van der Waals surface area contributed by atoms with E-state index in [-0.39, 0.29) is 5.54 Å². The van der Waals surface area contributed by atoms with Gasteiger partial charge in [0.1, 0.15) is 0 Å². The smallest absolute Gasteiger partial charge is 0.0645 e. The van der Waals surface area contributed by atoms with Gasteiger partial charge >= 0.3 is 0 Å². The van der Waals surface area contributed by atoms with Gasteiger partial charge in [-0.15, -0.1) is 0 Å². The highest BCUT2D eigenvalue weighted by Crippen LogP contribution is 2.19. The molecule has 1 aromatic carbocycles. The van der Waals surface area contributed by atoms with E-state index in [1.165, 1.54) is 17.7 Å². The average Bonchev–Trinajstić information content (AvgIpc) is 2.38. The predicted molar refractivity (Wildman–Crippen MR) is 76.1 cm³/mol. The van der Waals surface area contributed by atoms with Crippen molar-refractivity contribution in [3.8, 4) is 0 Å². The van der Waals surface area contributed by atoms with Gasteiger partial charge in [0.05, 0.1) is 6.61 Å². The minimum atomic E-state index is 0.137. The molecule has 1 aromatic rings. The largest absolute Gasteiger partial charge is 0.380 e. The van der Waals surface area contributed by atoms with E-state index < -0.39 is 0 Å². The first-order valence-electron chi connectivity index (χ1n) is 6.68. The third-order valence-corrected chi connectivity index (χ3v) is 3.61. The minimum absolute atomic E-state index is 0.137. The Bertz CT molecular complexity index is 367. The van der Waals surface area contributed by atoms with E-state index in [2.05, 4.69) is 55.5 Å². The summed E-state index contributed by atoms with van der Waals surface area (Å²) in [5.74, 6) is 0. The van der Waals surface area contributed by atoms with E-state index in [9.17, 15) is 0 Å². The summed E-state index contributed by atoms with van der Waals surface area (Å²) in [7, 11) is 4.13. The Hall–Kier alpha value is -1.06. The molecule has 0 radical (unpaired) electrons. The molecular weight excluding hydrogens is 224 g/mol. The van der Waals surface area contributed by atoms with Crippen molar-refractivity contribution in [3.63, 3.8) is 0 Å². The fourth-order valence-electron chi connectivity index (χ4n) is 2.30. The highest BCUT2D eigenvalue weighted by molar-refractivity contribution is 5.45. The van der Waals surface area contributed by atoms with Gasteiger partial charge in [-0.3, -0.25) is 0 Å². The molecule has 1 fully saturated rings. The molecule has 0 aliphatic carbocycles. The lowest BCUT2D eigenvalue weighted by atomic mass is 9.94. The van der Waals surface area contributed by atoms with Gasteiger partial charge in [-0.1, -0.05) is 12.1 Å². The van der Waals surface area contributed by atoms with Crippen molar-refractivity contribution in [3.05, 3.63) is 29.8 Å². The fraction of sp³-hybridized carbons (Fsp3) is 0.600. The Labute approximate surface area is 110 Å². The molecule has 0 saturated carbocycles.